The third kappa shape index (κ3) is 17.4. The van der Waals surface area contributed by atoms with Crippen LogP contribution in [0.5, 0.6) is 0 Å². The molecule has 586 valence electrons. The number of nitrogens with zero attached hydrogens (tertiary/aromatic N) is 5. The Morgan fingerprint density at radius 3 is 1.14 bits per heavy atom. The van der Waals surface area contributed by atoms with Gasteiger partial charge in [0, 0.05) is 186 Å². The fourth-order valence-corrected chi connectivity index (χ4v) is 22.3. The fourth-order valence-electron chi connectivity index (χ4n) is 21.9. The van der Waals surface area contributed by atoms with Crippen LogP contribution in [0.4, 0.5) is 4.39 Å². The van der Waals surface area contributed by atoms with E-state index in [0.29, 0.717) is 30.2 Å². The van der Waals surface area contributed by atoms with Crippen molar-refractivity contribution in [2.24, 2.45) is 65.1 Å². The van der Waals surface area contributed by atoms with Gasteiger partial charge in [0.25, 0.3) is 0 Å². The summed E-state index contributed by atoms with van der Waals surface area (Å²) in [6.07, 6.45) is 52.9. The van der Waals surface area contributed by atoms with E-state index in [1.807, 2.05) is 18.3 Å². The van der Waals surface area contributed by atoms with Crippen molar-refractivity contribution in [3.63, 3.8) is 0 Å². The molecule has 0 spiro atoms. The van der Waals surface area contributed by atoms with E-state index in [-0.39, 0.29) is 12.4 Å². The summed E-state index contributed by atoms with van der Waals surface area (Å²) in [5, 5.41) is 15.8. The number of aryl methyl sites for hydroxylation is 1. The molecule has 10 aromatic rings. The third-order valence-electron chi connectivity index (χ3n) is 28.1. The van der Waals surface area contributed by atoms with Gasteiger partial charge in [-0.2, -0.15) is 0 Å². The molecular weight excluding hydrogens is 1430 g/mol. The number of aliphatic hydroxyl groups is 1. The summed E-state index contributed by atoms with van der Waals surface area (Å²) in [5.41, 5.74) is 15.3. The molecule has 15 unspecified atom stereocenters. The summed E-state index contributed by atoms with van der Waals surface area (Å²) < 4.78 is 14.6. The first-order chi connectivity index (χ1) is 54.2. The third-order valence-corrected chi connectivity index (χ3v) is 28.6. The number of rotatable bonds is 21. The Hall–Kier alpha value is -7.33. The number of halogens is 2. The van der Waals surface area contributed by atoms with Gasteiger partial charge >= 0.3 is 0 Å². The maximum atomic E-state index is 13.5. The molecule has 25 rings (SSSR count). The van der Waals surface area contributed by atoms with Gasteiger partial charge in [-0.05, 0) is 236 Å². The number of fused-ring (bicyclic) bond motifs is 15. The van der Waals surface area contributed by atoms with E-state index in [0.717, 1.165) is 131 Å². The van der Waals surface area contributed by atoms with Crippen LogP contribution in [0.25, 0.3) is 54.5 Å². The van der Waals surface area contributed by atoms with Gasteiger partial charge in [-0.15, -0.1) is 0 Å². The van der Waals surface area contributed by atoms with Gasteiger partial charge in [-0.3, -0.25) is 24.5 Å². The summed E-state index contributed by atoms with van der Waals surface area (Å²) in [6.45, 7) is 28.3. The smallest absolute Gasteiger partial charge is 0.123 e. The number of nitrogens with one attached hydrogen (secondary N) is 5. The Morgan fingerprint density at radius 1 is 0.387 bits per heavy atom. The van der Waals surface area contributed by atoms with Crippen LogP contribution < -0.4 is 0 Å². The van der Waals surface area contributed by atoms with Gasteiger partial charge in [0.15, 0.2) is 0 Å². The molecule has 0 saturated carbocycles. The first kappa shape index (κ1) is 77.6. The Balaban J connectivity index is 0.000000105. The highest BCUT2D eigenvalue weighted by Gasteiger charge is 2.41. The minimum absolute atomic E-state index is 0.111. The van der Waals surface area contributed by atoms with Crippen molar-refractivity contribution in [3.05, 3.63) is 238 Å². The lowest BCUT2D eigenvalue weighted by Gasteiger charge is -2.48. The maximum absolute atomic E-state index is 13.5. The van der Waals surface area contributed by atoms with Crippen LogP contribution in [0, 0.1) is 77.8 Å². The average molecular weight is 1560 g/mol. The number of benzene rings is 5. The summed E-state index contributed by atoms with van der Waals surface area (Å²) in [7, 11) is 0. The zero-order valence-electron chi connectivity index (χ0n) is 67.3. The van der Waals surface area contributed by atoms with Crippen molar-refractivity contribution in [2.45, 2.75) is 175 Å². The van der Waals surface area contributed by atoms with Gasteiger partial charge in [-0.1, -0.05) is 180 Å². The molecule has 6 N–H and O–H groups in total. The van der Waals surface area contributed by atoms with E-state index >= 15 is 0 Å². The molecule has 5 aromatic heterocycles. The van der Waals surface area contributed by atoms with Crippen molar-refractivity contribution in [1.82, 2.24) is 49.4 Å². The highest BCUT2D eigenvalue weighted by Crippen LogP contribution is 2.43. The molecule has 15 atom stereocenters. The summed E-state index contributed by atoms with van der Waals surface area (Å²) in [6, 6.07) is 36.3. The van der Waals surface area contributed by atoms with Crippen LogP contribution in [-0.4, -0.2) is 150 Å². The van der Waals surface area contributed by atoms with Crippen molar-refractivity contribution in [3.8, 4) is 0 Å². The van der Waals surface area contributed by atoms with E-state index < -0.39 is 0 Å². The number of aliphatic hydroxyl groups excluding tert-OH is 1. The minimum atomic E-state index is -0.153. The molecule has 0 amide bonds. The van der Waals surface area contributed by atoms with Crippen LogP contribution in [0.2, 0.25) is 0 Å². The fraction of sp³-hybridized carbons (Fsp3) is 0.490. The molecule has 5 aromatic carbocycles. The minimum Gasteiger partial charge on any atom is -0.392 e. The van der Waals surface area contributed by atoms with Crippen LogP contribution in [0.1, 0.15) is 138 Å². The van der Waals surface area contributed by atoms with Crippen molar-refractivity contribution < 1.29 is 9.50 Å². The van der Waals surface area contributed by atoms with Crippen molar-refractivity contribution in [1.29, 1.82) is 0 Å². The van der Waals surface area contributed by atoms with Crippen LogP contribution >= 0.6 is 15.9 Å². The lowest BCUT2D eigenvalue weighted by atomic mass is 9.72. The highest BCUT2D eigenvalue weighted by molar-refractivity contribution is 9.10. The van der Waals surface area contributed by atoms with E-state index in [2.05, 4.69) is 272 Å². The summed E-state index contributed by atoms with van der Waals surface area (Å²) in [5.74, 6) is 8.69. The van der Waals surface area contributed by atoms with Crippen LogP contribution in [0.15, 0.2) is 193 Å². The molecule has 10 aliphatic heterocycles. The number of aromatic nitrogens is 5. The van der Waals surface area contributed by atoms with Crippen LogP contribution in [-0.2, 0) is 38.7 Å². The molecule has 5 saturated heterocycles. The Morgan fingerprint density at radius 2 is 0.730 bits per heavy atom. The number of H-pyrrole nitrogens is 5. The van der Waals surface area contributed by atoms with E-state index in [1.165, 1.54) is 193 Å². The average Bonchev–Trinajstić information content (AvgIpc) is 1.43. The predicted molar refractivity (Wildman–Crippen MR) is 465 cm³/mol. The highest BCUT2D eigenvalue weighted by atomic mass is 79.9. The maximum Gasteiger partial charge on any atom is 0.123 e. The first-order valence-electron chi connectivity index (χ1n) is 43.2. The molecule has 11 nitrogen and oxygen atoms in total. The normalized spacial score (nSPS) is 27.7. The van der Waals surface area contributed by atoms with Crippen molar-refractivity contribution in [2.75, 3.05) is 65.4 Å². The van der Waals surface area contributed by atoms with Gasteiger partial charge in [0.1, 0.15) is 5.82 Å². The standard InChI is InChI=1S/C20H26N2O.2C20H26N2.C19H23BrN2.C19H23FN2/c1-2-16-9-14-4-6-20(16)22(12-14)8-7-17-11-21-19-5-3-15(13-23)10-18(17)19;1-14(2)18-11-15-7-8-20(18)22(13-15)10-9-16-12-21-19-6-4-3-5-17(16)19;1-3-16-11-15-5-7-20(16)22(13-15)9-8-17-12-21-19-6-4-14(2)10-18(17)19;2*1-2-14-9-13-3-6-19(14)22(12-13)8-7-15-11-21-18-5-4-16(20)10-17(15)18/h3-6,10-11,14,16,20-21,23H,2,7-9,12-13H2,1H3;3-8,12,14-15,18,20-21H,9-11,13H2,1-2H3;4-7,10,12,15-16,20-21H,3,8-9,11,13H2,1-2H3;2*3-6,10-11,13-14,19,21H,2,7-9,12H2,1H3. The molecular formula is C98H124BrFN10O. The molecule has 0 radical (unpaired) electrons. The number of hydrogen-bond donors (Lipinski definition) is 6. The molecule has 10 bridgehead atoms. The molecule has 15 heterocycles. The van der Waals surface area contributed by atoms with Gasteiger partial charge in [-0.25, -0.2) is 4.39 Å². The lowest BCUT2D eigenvalue weighted by Crippen LogP contribution is -2.52. The van der Waals surface area contributed by atoms with Crippen LogP contribution in [0.3, 0.4) is 0 Å². The Labute approximate surface area is 668 Å². The number of para-hydroxylation sites is 1. The van der Waals surface area contributed by atoms with Gasteiger partial charge in [0.05, 0.1) is 6.61 Å². The number of aromatic amines is 5. The SMILES string of the molecule is CC(C)C1CC2C=CC1N(CCc1c[nH]c3ccccc13)C2.CCC1CC2C=CC1N(CCc1c[nH]c3ccc(Br)cc13)C2.CCC1CC2C=CC1N(CCc1c[nH]c3ccc(C)cc13)C2.CCC1CC2C=CC1N(CCc1c[nH]c3ccc(CO)cc13)C2.CCC1CC2C=CC1N(CCc1c[nH]c3ccc(F)cc13)C2. The van der Waals surface area contributed by atoms with Gasteiger partial charge in [0.2, 0.25) is 0 Å². The van der Waals surface area contributed by atoms with Crippen molar-refractivity contribution >= 4 is 70.4 Å². The number of hydrogen-bond acceptors (Lipinski definition) is 6. The Kier molecular flexibility index (Phi) is 24.6. The zero-order chi connectivity index (χ0) is 76.2. The lowest BCUT2D eigenvalue weighted by molar-refractivity contribution is 0.0612. The monoisotopic (exact) mass is 1550 g/mol. The molecule has 13 heteroatoms. The first-order valence-corrected chi connectivity index (χ1v) is 44.0. The molecule has 111 heavy (non-hydrogen) atoms. The van der Waals surface area contributed by atoms with E-state index in [9.17, 15) is 9.50 Å². The topological polar surface area (TPSA) is 115 Å². The summed E-state index contributed by atoms with van der Waals surface area (Å²) >= 11 is 3.59. The molecule has 5 fully saturated rings. The molecule has 5 aliphatic carbocycles. The second-order valence-corrected chi connectivity index (χ2v) is 36.2. The molecule has 15 aliphatic rings. The van der Waals surface area contributed by atoms with Gasteiger partial charge < -0.3 is 30.0 Å². The quantitative estimate of drug-likeness (QED) is 0.0400. The summed E-state index contributed by atoms with van der Waals surface area (Å²) in [4.78, 5) is 30.3. The second-order valence-electron chi connectivity index (χ2n) is 35.2. The van der Waals surface area contributed by atoms with E-state index in [1.54, 1.807) is 6.07 Å². The predicted octanol–water partition coefficient (Wildman–Crippen LogP) is 20.9. The number of piperidine rings is 5. The second kappa shape index (κ2) is 35.2. The Bertz CT molecular complexity index is 4630. The largest absolute Gasteiger partial charge is 0.392 e. The zero-order valence-corrected chi connectivity index (χ0v) is 68.8. The van der Waals surface area contributed by atoms with E-state index in [4.69, 9.17) is 0 Å².